The molecule has 0 saturated carbocycles. The Hall–Kier alpha value is -0.585. The summed E-state index contributed by atoms with van der Waals surface area (Å²) in [5, 5.41) is 20.3. The Kier molecular flexibility index (Phi) is 2.76. The summed E-state index contributed by atoms with van der Waals surface area (Å²) in [6.07, 6.45) is 0. The van der Waals surface area contributed by atoms with E-state index in [1.165, 1.54) is 0 Å². The molecule has 14 heavy (non-hydrogen) atoms. The van der Waals surface area contributed by atoms with Gasteiger partial charge in [0.2, 0.25) is 0 Å². The van der Waals surface area contributed by atoms with Crippen LogP contribution in [-0.2, 0) is 0 Å². The van der Waals surface area contributed by atoms with Gasteiger partial charge < -0.3 is 10.0 Å². The first kappa shape index (κ1) is 9.95. The van der Waals surface area contributed by atoms with Crippen molar-refractivity contribution in [2.24, 2.45) is 0 Å². The van der Waals surface area contributed by atoms with Crippen molar-refractivity contribution < 1.29 is 10.0 Å². The predicted molar refractivity (Wildman–Crippen MR) is 66.5 cm³/mol. The Labute approximate surface area is 95.9 Å². The molecule has 0 aliphatic heterocycles. The van der Waals surface area contributed by atoms with Crippen molar-refractivity contribution >= 4 is 45.9 Å². The predicted octanol–water partition coefficient (Wildman–Crippen LogP) is 1.12. The molecule has 2 nitrogen and oxygen atoms in total. The van der Waals surface area contributed by atoms with Crippen molar-refractivity contribution in [1.82, 2.24) is 0 Å². The molecule has 0 amide bonds. The molecule has 0 fully saturated rings. The minimum atomic E-state index is -1.41. The maximum atomic E-state index is 9.20. The zero-order valence-electron chi connectivity index (χ0n) is 7.31. The lowest BCUT2D eigenvalue weighted by atomic mass is 9.77. The quantitative estimate of drug-likeness (QED) is 0.612. The lowest BCUT2D eigenvalue weighted by molar-refractivity contribution is 0.426. The number of halogens is 1. The lowest BCUT2D eigenvalue weighted by Crippen LogP contribution is -2.30. The van der Waals surface area contributed by atoms with Crippen LogP contribution in [0.5, 0.6) is 0 Å². The number of benzene rings is 2. The Morgan fingerprint density at radius 3 is 2.50 bits per heavy atom. The molecule has 0 aromatic heterocycles. The molecule has 0 atom stereocenters. The fourth-order valence-corrected chi connectivity index (χ4v) is 2.19. The van der Waals surface area contributed by atoms with Crippen LogP contribution in [0, 0.1) is 3.57 Å². The fraction of sp³-hybridized carbons (Fsp3) is 0. The molecule has 0 heterocycles. The summed E-state index contributed by atoms with van der Waals surface area (Å²) in [7, 11) is -1.41. The van der Waals surface area contributed by atoms with Gasteiger partial charge in [-0.15, -0.1) is 0 Å². The molecule has 0 saturated heterocycles. The van der Waals surface area contributed by atoms with Gasteiger partial charge in [0, 0.05) is 3.57 Å². The molecule has 2 aromatic rings. The Bertz CT molecular complexity index is 471. The summed E-state index contributed by atoms with van der Waals surface area (Å²) in [6.45, 7) is 0. The summed E-state index contributed by atoms with van der Waals surface area (Å²) in [4.78, 5) is 0. The van der Waals surface area contributed by atoms with E-state index in [2.05, 4.69) is 22.6 Å². The van der Waals surface area contributed by atoms with E-state index >= 15 is 0 Å². The molecule has 2 rings (SSSR count). The molecule has 0 unspecified atom stereocenters. The highest BCUT2D eigenvalue weighted by Gasteiger charge is 2.14. The van der Waals surface area contributed by atoms with Gasteiger partial charge in [-0.1, -0.05) is 24.3 Å². The van der Waals surface area contributed by atoms with Gasteiger partial charge in [-0.05, 0) is 51.0 Å². The summed E-state index contributed by atoms with van der Waals surface area (Å²) >= 11 is 2.16. The number of fused-ring (bicyclic) bond motifs is 1. The molecule has 2 N–H and O–H groups in total. The van der Waals surface area contributed by atoms with Gasteiger partial charge >= 0.3 is 7.12 Å². The number of hydrogen-bond acceptors (Lipinski definition) is 2. The maximum Gasteiger partial charge on any atom is 0.489 e. The monoisotopic (exact) mass is 298 g/mol. The molecule has 0 bridgehead atoms. The van der Waals surface area contributed by atoms with E-state index in [9.17, 15) is 10.0 Å². The van der Waals surface area contributed by atoms with E-state index in [1.807, 2.05) is 30.3 Å². The topological polar surface area (TPSA) is 40.5 Å². The number of hydrogen-bond donors (Lipinski definition) is 2. The third-order valence-corrected chi connectivity index (χ3v) is 2.76. The van der Waals surface area contributed by atoms with Gasteiger partial charge in [0.05, 0.1) is 0 Å². The third-order valence-electron chi connectivity index (χ3n) is 2.14. The number of rotatable bonds is 1. The van der Waals surface area contributed by atoms with E-state index < -0.39 is 7.12 Å². The average Bonchev–Trinajstić information content (AvgIpc) is 2.16. The van der Waals surface area contributed by atoms with Crippen molar-refractivity contribution in [3.63, 3.8) is 0 Å². The van der Waals surface area contributed by atoms with E-state index in [1.54, 1.807) is 6.07 Å². The van der Waals surface area contributed by atoms with Gasteiger partial charge in [-0.2, -0.15) is 0 Å². The van der Waals surface area contributed by atoms with E-state index in [4.69, 9.17) is 0 Å². The van der Waals surface area contributed by atoms with E-state index in [0.29, 0.717) is 5.46 Å². The second kappa shape index (κ2) is 3.88. The van der Waals surface area contributed by atoms with Crippen molar-refractivity contribution in [1.29, 1.82) is 0 Å². The molecule has 2 aromatic carbocycles. The Morgan fingerprint density at radius 2 is 1.79 bits per heavy atom. The van der Waals surface area contributed by atoms with Gasteiger partial charge in [0.1, 0.15) is 0 Å². The van der Waals surface area contributed by atoms with Crippen LogP contribution in [-0.4, -0.2) is 17.2 Å². The molecule has 4 heteroatoms. The minimum Gasteiger partial charge on any atom is -0.423 e. The maximum absolute atomic E-state index is 9.20. The standard InChI is InChI=1S/C10H8BIO2/c12-8-5-7-3-1-2-4-9(7)10(6-8)11(13)14/h1-6,13-14H. The summed E-state index contributed by atoms with van der Waals surface area (Å²) < 4.78 is 1.00. The van der Waals surface area contributed by atoms with E-state index in [0.717, 1.165) is 14.3 Å². The SMILES string of the molecule is OB(O)c1cc(I)cc2ccccc12. The van der Waals surface area contributed by atoms with Gasteiger partial charge in [-0.25, -0.2) is 0 Å². The molecule has 0 spiro atoms. The van der Waals surface area contributed by atoms with Crippen LogP contribution in [0.2, 0.25) is 0 Å². The van der Waals surface area contributed by atoms with E-state index in [-0.39, 0.29) is 0 Å². The highest BCUT2D eigenvalue weighted by Crippen LogP contribution is 2.15. The third kappa shape index (κ3) is 1.77. The first-order chi connectivity index (χ1) is 6.68. The molecule has 70 valence electrons. The molecular weight excluding hydrogens is 290 g/mol. The average molecular weight is 298 g/mol. The Morgan fingerprint density at radius 1 is 1.07 bits per heavy atom. The first-order valence-electron chi connectivity index (χ1n) is 4.23. The van der Waals surface area contributed by atoms with Crippen LogP contribution in [0.1, 0.15) is 0 Å². The molecule has 0 radical (unpaired) electrons. The zero-order chi connectivity index (χ0) is 10.1. The van der Waals surface area contributed by atoms with Crippen molar-refractivity contribution in [2.75, 3.05) is 0 Å². The largest absolute Gasteiger partial charge is 0.489 e. The zero-order valence-corrected chi connectivity index (χ0v) is 9.47. The lowest BCUT2D eigenvalue weighted by Gasteiger charge is -2.06. The highest BCUT2D eigenvalue weighted by atomic mass is 127. The van der Waals surface area contributed by atoms with Crippen LogP contribution >= 0.6 is 22.6 Å². The van der Waals surface area contributed by atoms with Crippen LogP contribution in [0.15, 0.2) is 36.4 Å². The second-order valence-electron chi connectivity index (χ2n) is 3.09. The van der Waals surface area contributed by atoms with Crippen molar-refractivity contribution in [3.05, 3.63) is 40.0 Å². The summed E-state index contributed by atoms with van der Waals surface area (Å²) in [6, 6.07) is 11.5. The smallest absolute Gasteiger partial charge is 0.423 e. The van der Waals surface area contributed by atoms with Crippen molar-refractivity contribution in [3.8, 4) is 0 Å². The molecule has 0 aliphatic rings. The fourth-order valence-electron chi connectivity index (χ4n) is 1.52. The second-order valence-corrected chi connectivity index (χ2v) is 4.34. The van der Waals surface area contributed by atoms with Gasteiger partial charge in [0.25, 0.3) is 0 Å². The first-order valence-corrected chi connectivity index (χ1v) is 5.30. The molecule has 0 aliphatic carbocycles. The van der Waals surface area contributed by atoms with Crippen LogP contribution < -0.4 is 5.46 Å². The summed E-state index contributed by atoms with van der Waals surface area (Å²) in [5.41, 5.74) is 0.563. The normalized spacial score (nSPS) is 10.5. The summed E-state index contributed by atoms with van der Waals surface area (Å²) in [5.74, 6) is 0. The van der Waals surface area contributed by atoms with Gasteiger partial charge in [-0.3, -0.25) is 0 Å². The highest BCUT2D eigenvalue weighted by molar-refractivity contribution is 14.1. The van der Waals surface area contributed by atoms with Gasteiger partial charge in [0.15, 0.2) is 0 Å². The Balaban J connectivity index is 2.80. The molecular formula is C10H8BIO2. The van der Waals surface area contributed by atoms with Crippen molar-refractivity contribution in [2.45, 2.75) is 0 Å². The van der Waals surface area contributed by atoms with Crippen LogP contribution in [0.25, 0.3) is 10.8 Å². The van der Waals surface area contributed by atoms with Crippen LogP contribution in [0.3, 0.4) is 0 Å². The van der Waals surface area contributed by atoms with Crippen LogP contribution in [0.4, 0.5) is 0 Å². The minimum absolute atomic E-state index is 0.563.